The molecule has 7 heteroatoms. The molecule has 0 fully saturated rings. The summed E-state index contributed by atoms with van der Waals surface area (Å²) in [6.07, 6.45) is 0. The number of hydrogen-bond acceptors (Lipinski definition) is 5. The van der Waals surface area contributed by atoms with Crippen LogP contribution in [-0.4, -0.2) is 30.7 Å². The van der Waals surface area contributed by atoms with Gasteiger partial charge in [-0.1, -0.05) is 65.4 Å². The molecule has 0 bridgehead atoms. The molecular weight excluding hydrogens is 444 g/mol. The van der Waals surface area contributed by atoms with E-state index in [1.807, 2.05) is 92.8 Å². The summed E-state index contributed by atoms with van der Waals surface area (Å²) in [7, 11) is 0. The molecule has 170 valence electrons. The average Bonchev–Trinajstić information content (AvgIpc) is 3.22. The third-order valence-electron chi connectivity index (χ3n) is 6.00. The second-order valence-corrected chi connectivity index (χ2v) is 9.54. The van der Waals surface area contributed by atoms with Crippen molar-refractivity contribution in [3.8, 4) is 5.69 Å². The number of aryl methyl sites for hydroxylation is 4. The van der Waals surface area contributed by atoms with Gasteiger partial charge in [-0.3, -0.25) is 14.0 Å². The van der Waals surface area contributed by atoms with Crippen molar-refractivity contribution in [2.75, 3.05) is 5.75 Å². The number of rotatable bonds is 5. The van der Waals surface area contributed by atoms with Crippen LogP contribution in [0.15, 0.2) is 70.6 Å². The first kappa shape index (κ1) is 22.1. The molecule has 0 N–H and O–H groups in total. The van der Waals surface area contributed by atoms with Crippen molar-refractivity contribution in [3.63, 3.8) is 0 Å². The SMILES string of the molecule is Cc1ccc(C(=O)CSc2nnc3n(-c4ccc(C)cc4C)c(=O)c4ccccc4n23)c(C)c1. The summed E-state index contributed by atoms with van der Waals surface area (Å²) < 4.78 is 3.48. The number of fused-ring (bicyclic) bond motifs is 3. The first-order valence-electron chi connectivity index (χ1n) is 11.0. The van der Waals surface area contributed by atoms with Crippen molar-refractivity contribution in [1.29, 1.82) is 0 Å². The van der Waals surface area contributed by atoms with Crippen LogP contribution in [0.2, 0.25) is 0 Å². The van der Waals surface area contributed by atoms with E-state index in [1.165, 1.54) is 11.8 Å². The number of carbonyl (C=O) groups is 1. The molecule has 2 aromatic heterocycles. The lowest BCUT2D eigenvalue weighted by Gasteiger charge is -2.13. The van der Waals surface area contributed by atoms with Gasteiger partial charge in [0.25, 0.3) is 5.56 Å². The number of Topliss-reactive ketones (excluding diaryl/α,β-unsaturated/α-hetero) is 1. The molecule has 2 heterocycles. The fraction of sp³-hybridized carbons (Fsp3) is 0.185. The highest BCUT2D eigenvalue weighted by Gasteiger charge is 2.20. The minimum Gasteiger partial charge on any atom is -0.293 e. The van der Waals surface area contributed by atoms with E-state index in [9.17, 15) is 9.59 Å². The van der Waals surface area contributed by atoms with Crippen molar-refractivity contribution in [1.82, 2.24) is 19.2 Å². The van der Waals surface area contributed by atoms with Gasteiger partial charge in [0.05, 0.1) is 22.3 Å². The fourth-order valence-electron chi connectivity index (χ4n) is 4.38. The Morgan fingerprint density at radius 2 is 1.59 bits per heavy atom. The van der Waals surface area contributed by atoms with Crippen molar-refractivity contribution < 1.29 is 4.79 Å². The number of ketones is 1. The highest BCUT2D eigenvalue weighted by Crippen LogP contribution is 2.25. The standard InChI is InChI=1S/C27H24N4O2S/c1-16-9-11-20(18(3)13-16)24(32)15-34-27-29-28-26-30(22-12-10-17(2)14-19(22)4)25(33)21-7-5-6-8-23(21)31(26)27/h5-14H,15H2,1-4H3. The molecule has 5 aromatic rings. The molecule has 0 atom stereocenters. The largest absolute Gasteiger partial charge is 0.293 e. The van der Waals surface area contributed by atoms with Crippen LogP contribution >= 0.6 is 11.8 Å². The van der Waals surface area contributed by atoms with Gasteiger partial charge < -0.3 is 0 Å². The Labute approximate surface area is 201 Å². The average molecular weight is 469 g/mol. The highest BCUT2D eigenvalue weighted by atomic mass is 32.2. The van der Waals surface area contributed by atoms with Gasteiger partial charge >= 0.3 is 0 Å². The summed E-state index contributed by atoms with van der Waals surface area (Å²) in [5.41, 5.74) is 6.23. The van der Waals surface area contributed by atoms with Crippen molar-refractivity contribution in [3.05, 3.63) is 98.8 Å². The van der Waals surface area contributed by atoms with Crippen LogP contribution in [0, 0.1) is 27.7 Å². The van der Waals surface area contributed by atoms with Crippen LogP contribution in [0.25, 0.3) is 22.4 Å². The first-order chi connectivity index (χ1) is 16.3. The van der Waals surface area contributed by atoms with Gasteiger partial charge in [-0.05, 0) is 57.0 Å². The lowest BCUT2D eigenvalue weighted by atomic mass is 10.0. The van der Waals surface area contributed by atoms with Crippen LogP contribution in [0.1, 0.15) is 32.6 Å². The Kier molecular flexibility index (Phi) is 5.57. The van der Waals surface area contributed by atoms with E-state index < -0.39 is 0 Å². The van der Waals surface area contributed by atoms with Crippen LogP contribution in [0.5, 0.6) is 0 Å². The molecule has 34 heavy (non-hydrogen) atoms. The lowest BCUT2D eigenvalue weighted by molar-refractivity contribution is 0.102. The van der Waals surface area contributed by atoms with Gasteiger partial charge in [0.15, 0.2) is 10.9 Å². The van der Waals surface area contributed by atoms with Crippen LogP contribution in [0.3, 0.4) is 0 Å². The van der Waals surface area contributed by atoms with Gasteiger partial charge in [0, 0.05) is 5.56 Å². The normalized spacial score (nSPS) is 11.4. The smallest absolute Gasteiger partial charge is 0.267 e. The number of hydrogen-bond donors (Lipinski definition) is 0. The molecular formula is C27H24N4O2S. The zero-order valence-electron chi connectivity index (χ0n) is 19.5. The predicted molar refractivity (Wildman–Crippen MR) is 137 cm³/mol. The molecule has 0 aliphatic heterocycles. The quantitative estimate of drug-likeness (QED) is 0.261. The Balaban J connectivity index is 1.64. The van der Waals surface area contributed by atoms with Crippen molar-refractivity contribution in [2.45, 2.75) is 32.9 Å². The molecule has 0 amide bonds. The van der Waals surface area contributed by atoms with E-state index in [0.29, 0.717) is 21.9 Å². The Morgan fingerprint density at radius 1 is 0.882 bits per heavy atom. The maximum Gasteiger partial charge on any atom is 0.267 e. The van der Waals surface area contributed by atoms with Crippen molar-refractivity contribution in [2.24, 2.45) is 0 Å². The second-order valence-electron chi connectivity index (χ2n) is 8.60. The molecule has 0 radical (unpaired) electrons. The Bertz CT molecular complexity index is 1650. The molecule has 0 aliphatic rings. The monoisotopic (exact) mass is 468 g/mol. The number of nitrogens with zero attached hydrogens (tertiary/aromatic N) is 4. The van der Waals surface area contributed by atoms with Gasteiger partial charge in [0.2, 0.25) is 5.78 Å². The second kappa shape index (κ2) is 8.57. The number of aromatic nitrogens is 4. The van der Waals surface area contributed by atoms with Gasteiger partial charge in [-0.2, -0.15) is 0 Å². The first-order valence-corrected chi connectivity index (χ1v) is 12.0. The minimum absolute atomic E-state index is 0.0336. The van der Waals surface area contributed by atoms with Crippen LogP contribution in [0.4, 0.5) is 0 Å². The number of benzene rings is 3. The summed E-state index contributed by atoms with van der Waals surface area (Å²) in [4.78, 5) is 26.5. The fourth-order valence-corrected chi connectivity index (χ4v) is 5.20. The summed E-state index contributed by atoms with van der Waals surface area (Å²) >= 11 is 1.33. The molecule has 0 unspecified atom stereocenters. The minimum atomic E-state index is -0.148. The lowest BCUT2D eigenvalue weighted by Crippen LogP contribution is -2.22. The topological polar surface area (TPSA) is 69.3 Å². The van der Waals surface area contributed by atoms with Crippen LogP contribution in [-0.2, 0) is 0 Å². The molecule has 0 saturated carbocycles. The Hall–Kier alpha value is -3.71. The molecule has 6 nitrogen and oxygen atoms in total. The van der Waals surface area contributed by atoms with E-state index in [2.05, 4.69) is 10.2 Å². The third-order valence-corrected chi connectivity index (χ3v) is 6.93. The summed E-state index contributed by atoms with van der Waals surface area (Å²) in [5, 5.41) is 9.92. The molecule has 5 rings (SSSR count). The van der Waals surface area contributed by atoms with Gasteiger partial charge in [-0.25, -0.2) is 4.57 Å². The van der Waals surface area contributed by atoms with Gasteiger partial charge in [-0.15, -0.1) is 10.2 Å². The number of carbonyl (C=O) groups excluding carboxylic acids is 1. The molecule has 0 spiro atoms. The third kappa shape index (κ3) is 3.72. The highest BCUT2D eigenvalue weighted by molar-refractivity contribution is 7.99. The number of para-hydroxylation sites is 1. The Morgan fingerprint density at radius 3 is 2.32 bits per heavy atom. The van der Waals surface area contributed by atoms with E-state index in [0.717, 1.165) is 33.5 Å². The molecule has 0 saturated heterocycles. The summed E-state index contributed by atoms with van der Waals surface area (Å²) in [6, 6.07) is 19.2. The molecule has 3 aromatic carbocycles. The van der Waals surface area contributed by atoms with E-state index in [4.69, 9.17) is 0 Å². The van der Waals surface area contributed by atoms with Crippen LogP contribution < -0.4 is 5.56 Å². The predicted octanol–water partition coefficient (Wildman–Crippen LogP) is 5.24. The maximum absolute atomic E-state index is 13.5. The summed E-state index contributed by atoms with van der Waals surface area (Å²) in [5.74, 6) is 0.685. The van der Waals surface area contributed by atoms with E-state index in [1.54, 1.807) is 4.57 Å². The maximum atomic E-state index is 13.5. The van der Waals surface area contributed by atoms with E-state index >= 15 is 0 Å². The zero-order chi connectivity index (χ0) is 24.0. The zero-order valence-corrected chi connectivity index (χ0v) is 20.3. The van der Waals surface area contributed by atoms with Crippen molar-refractivity contribution >= 4 is 34.2 Å². The van der Waals surface area contributed by atoms with E-state index in [-0.39, 0.29) is 17.1 Å². The molecule has 0 aliphatic carbocycles. The summed E-state index contributed by atoms with van der Waals surface area (Å²) in [6.45, 7) is 7.97. The number of thioether (sulfide) groups is 1. The van der Waals surface area contributed by atoms with Gasteiger partial charge in [0.1, 0.15) is 0 Å².